The van der Waals surface area contributed by atoms with Crippen molar-refractivity contribution in [2.24, 2.45) is 0 Å². The highest BCUT2D eigenvalue weighted by Gasteiger charge is 2.33. The fraction of sp³-hybridized carbons (Fsp3) is 0.478. The van der Waals surface area contributed by atoms with E-state index in [0.717, 1.165) is 67.6 Å². The number of esters is 2. The molecule has 0 unspecified atom stereocenters. The van der Waals surface area contributed by atoms with Crippen LogP contribution in [0.2, 0.25) is 0 Å². The van der Waals surface area contributed by atoms with E-state index in [-0.39, 0.29) is 5.97 Å². The lowest BCUT2D eigenvalue weighted by Gasteiger charge is -2.28. The maximum absolute atomic E-state index is 11.6. The van der Waals surface area contributed by atoms with Crippen molar-refractivity contribution in [1.29, 1.82) is 0 Å². The molecule has 0 radical (unpaired) electrons. The quantitative estimate of drug-likeness (QED) is 0.562. The molecule has 34 heavy (non-hydrogen) atoms. The van der Waals surface area contributed by atoms with Gasteiger partial charge in [0.15, 0.2) is 23.0 Å². The molecular formula is C23H27BrN6O4. The summed E-state index contributed by atoms with van der Waals surface area (Å²) >= 11 is 3.37. The van der Waals surface area contributed by atoms with Gasteiger partial charge in [0, 0.05) is 38.3 Å². The largest absolute Gasteiger partial charge is 0.464 e. The Morgan fingerprint density at radius 1 is 0.912 bits per heavy atom. The Hall–Kier alpha value is -3.08. The zero-order chi connectivity index (χ0) is 24.0. The molecule has 6 heterocycles. The number of ether oxygens (including phenoxy) is 2. The van der Waals surface area contributed by atoms with Crippen LogP contribution in [0.1, 0.15) is 39.4 Å². The smallest absolute Gasteiger partial charge is 0.357 e. The zero-order valence-corrected chi connectivity index (χ0v) is 20.9. The molecule has 4 aliphatic rings. The molecule has 11 heteroatoms. The summed E-state index contributed by atoms with van der Waals surface area (Å²) in [5, 5.41) is 6.73. The average molecular weight is 531 g/mol. The minimum atomic E-state index is -0.422. The number of anilines is 4. The number of pyridine rings is 2. The topological polar surface area (TPSA) is 109 Å². The molecule has 0 spiro atoms. The summed E-state index contributed by atoms with van der Waals surface area (Å²) in [6.45, 7) is 6.03. The third-order valence-electron chi connectivity index (χ3n) is 6.65. The van der Waals surface area contributed by atoms with Crippen molar-refractivity contribution in [2.75, 3.05) is 60.8 Å². The SMILES string of the molecule is COC(=O)c1nc2c(cc1Br)N1CC[C@@H](C1)N2.COC(=O)c1nc2c(cc1C)N1CC[C@@H](C1)N2. The lowest BCUT2D eigenvalue weighted by Crippen LogP contribution is -2.33. The van der Waals surface area contributed by atoms with E-state index >= 15 is 0 Å². The van der Waals surface area contributed by atoms with Crippen LogP contribution < -0.4 is 20.4 Å². The number of nitrogens with zero attached hydrogens (tertiary/aromatic N) is 4. The van der Waals surface area contributed by atoms with Gasteiger partial charge >= 0.3 is 11.9 Å². The molecule has 180 valence electrons. The lowest BCUT2D eigenvalue weighted by molar-refractivity contribution is 0.0584. The summed E-state index contributed by atoms with van der Waals surface area (Å²) in [5.74, 6) is 0.793. The van der Waals surface area contributed by atoms with Gasteiger partial charge in [0.1, 0.15) is 0 Å². The Balaban J connectivity index is 0.000000142. The molecule has 2 saturated heterocycles. The van der Waals surface area contributed by atoms with Gasteiger partial charge in [-0.3, -0.25) is 0 Å². The second kappa shape index (κ2) is 8.94. The van der Waals surface area contributed by atoms with Crippen molar-refractivity contribution in [1.82, 2.24) is 9.97 Å². The van der Waals surface area contributed by atoms with Gasteiger partial charge in [-0.05, 0) is 53.4 Å². The Labute approximate surface area is 206 Å². The number of rotatable bonds is 2. The molecule has 6 rings (SSSR count). The molecular weight excluding hydrogens is 504 g/mol. The lowest BCUT2D eigenvalue weighted by atomic mass is 10.1. The maximum atomic E-state index is 11.6. The minimum absolute atomic E-state index is 0.321. The first kappa shape index (κ1) is 22.7. The van der Waals surface area contributed by atoms with Gasteiger partial charge in [-0.15, -0.1) is 0 Å². The summed E-state index contributed by atoms with van der Waals surface area (Å²) in [5.41, 5.74) is 3.74. The monoisotopic (exact) mass is 530 g/mol. The summed E-state index contributed by atoms with van der Waals surface area (Å²) in [6.07, 6.45) is 2.24. The van der Waals surface area contributed by atoms with Crippen molar-refractivity contribution < 1.29 is 19.1 Å². The number of carbonyl (C=O) groups excluding carboxylic acids is 2. The Morgan fingerprint density at radius 3 is 1.97 bits per heavy atom. The first-order chi connectivity index (χ1) is 16.4. The number of fused-ring (bicyclic) bond motifs is 8. The number of hydrogen-bond acceptors (Lipinski definition) is 10. The summed E-state index contributed by atoms with van der Waals surface area (Å²) in [7, 11) is 2.74. The van der Waals surface area contributed by atoms with Gasteiger partial charge in [-0.1, -0.05) is 0 Å². The first-order valence-corrected chi connectivity index (χ1v) is 12.1. The third kappa shape index (κ3) is 4.02. The van der Waals surface area contributed by atoms with Gasteiger partial charge in [-0.2, -0.15) is 0 Å². The van der Waals surface area contributed by atoms with Crippen LogP contribution in [0.4, 0.5) is 23.0 Å². The summed E-state index contributed by atoms with van der Waals surface area (Å²) in [6, 6.07) is 4.86. The molecule has 0 saturated carbocycles. The van der Waals surface area contributed by atoms with Crippen molar-refractivity contribution in [3.05, 3.63) is 33.6 Å². The third-order valence-corrected chi connectivity index (χ3v) is 7.25. The van der Waals surface area contributed by atoms with Crippen LogP contribution in [0.3, 0.4) is 0 Å². The number of aryl methyl sites for hydroxylation is 1. The molecule has 10 nitrogen and oxygen atoms in total. The molecule has 0 aliphatic carbocycles. The van der Waals surface area contributed by atoms with E-state index in [4.69, 9.17) is 9.47 Å². The van der Waals surface area contributed by atoms with E-state index in [1.54, 1.807) is 0 Å². The molecule has 2 N–H and O–H groups in total. The Bertz CT molecular complexity index is 1070. The zero-order valence-electron chi connectivity index (χ0n) is 19.4. The highest BCUT2D eigenvalue weighted by molar-refractivity contribution is 9.10. The molecule has 2 fully saturated rings. The van der Waals surface area contributed by atoms with Crippen LogP contribution in [-0.2, 0) is 9.47 Å². The van der Waals surface area contributed by atoms with Gasteiger partial charge in [0.25, 0.3) is 0 Å². The standard InChI is InChI=1S/C12H15N3O2.C11H12BrN3O2/c1-7-5-9-11(14-10(7)12(16)17-2)13-8-3-4-15(9)6-8;1-17-11(16)9-7(12)4-8-10(14-9)13-6-2-3-15(8)5-6/h5,8H,3-4,6H2,1-2H3,(H,13,14);4,6H,2-3,5H2,1H3,(H,13,14)/t8-;6-/m00/s1. The van der Waals surface area contributed by atoms with Gasteiger partial charge in [0.2, 0.25) is 0 Å². The van der Waals surface area contributed by atoms with E-state index in [1.807, 2.05) is 19.1 Å². The van der Waals surface area contributed by atoms with Gasteiger partial charge in [-0.25, -0.2) is 19.6 Å². The fourth-order valence-corrected chi connectivity index (χ4v) is 5.36. The van der Waals surface area contributed by atoms with E-state index in [9.17, 15) is 9.59 Å². The molecule has 2 aromatic rings. The Kier molecular flexibility index (Phi) is 5.97. The van der Waals surface area contributed by atoms with Crippen LogP contribution in [-0.4, -0.2) is 74.4 Å². The van der Waals surface area contributed by atoms with Crippen LogP contribution in [0.5, 0.6) is 0 Å². The number of carbonyl (C=O) groups is 2. The van der Waals surface area contributed by atoms with Gasteiger partial charge < -0.3 is 29.9 Å². The highest BCUT2D eigenvalue weighted by atomic mass is 79.9. The van der Waals surface area contributed by atoms with E-state index in [1.165, 1.54) is 14.2 Å². The number of halogens is 1. The van der Waals surface area contributed by atoms with Gasteiger partial charge in [0.05, 0.1) is 30.1 Å². The van der Waals surface area contributed by atoms with Crippen LogP contribution >= 0.6 is 15.9 Å². The highest BCUT2D eigenvalue weighted by Crippen LogP contribution is 2.37. The van der Waals surface area contributed by atoms with Crippen LogP contribution in [0.15, 0.2) is 16.6 Å². The number of hydrogen-bond donors (Lipinski definition) is 2. The van der Waals surface area contributed by atoms with E-state index < -0.39 is 5.97 Å². The van der Waals surface area contributed by atoms with E-state index in [2.05, 4.69) is 46.3 Å². The second-order valence-corrected chi connectivity index (χ2v) is 9.70. The summed E-state index contributed by atoms with van der Waals surface area (Å²) in [4.78, 5) is 36.5. The predicted octanol–water partition coefficient (Wildman–Crippen LogP) is 2.82. The number of aromatic nitrogens is 2. The maximum Gasteiger partial charge on any atom is 0.357 e. The molecule has 2 aromatic heterocycles. The molecule has 2 atom stereocenters. The van der Waals surface area contributed by atoms with Crippen molar-refractivity contribution in [2.45, 2.75) is 31.8 Å². The van der Waals surface area contributed by atoms with Crippen LogP contribution in [0, 0.1) is 6.92 Å². The molecule has 4 bridgehead atoms. The number of nitrogens with one attached hydrogen (secondary N) is 2. The summed E-state index contributed by atoms with van der Waals surface area (Å²) < 4.78 is 10.1. The number of methoxy groups -OCH3 is 2. The first-order valence-electron chi connectivity index (χ1n) is 11.3. The van der Waals surface area contributed by atoms with E-state index in [0.29, 0.717) is 27.9 Å². The predicted molar refractivity (Wildman–Crippen MR) is 132 cm³/mol. The molecule has 0 amide bonds. The minimum Gasteiger partial charge on any atom is -0.464 e. The van der Waals surface area contributed by atoms with Crippen molar-refractivity contribution in [3.8, 4) is 0 Å². The second-order valence-electron chi connectivity index (χ2n) is 8.84. The van der Waals surface area contributed by atoms with Crippen molar-refractivity contribution >= 4 is 50.9 Å². The average Bonchev–Trinajstić information content (AvgIpc) is 3.43. The van der Waals surface area contributed by atoms with Crippen molar-refractivity contribution in [3.63, 3.8) is 0 Å². The molecule has 0 aromatic carbocycles. The van der Waals surface area contributed by atoms with Crippen LogP contribution in [0.25, 0.3) is 0 Å². The Morgan fingerprint density at radius 2 is 1.41 bits per heavy atom. The normalized spacial score (nSPS) is 20.8. The fourth-order valence-electron chi connectivity index (χ4n) is 4.90. The molecule has 4 aliphatic heterocycles.